The van der Waals surface area contributed by atoms with Crippen LogP contribution in [0.5, 0.6) is 0 Å². The van der Waals surface area contributed by atoms with Gasteiger partial charge in [0.2, 0.25) is 0 Å². The Labute approximate surface area is 120 Å². The van der Waals surface area contributed by atoms with Crippen LogP contribution < -0.4 is 5.32 Å². The summed E-state index contributed by atoms with van der Waals surface area (Å²) in [6.07, 6.45) is 0. The summed E-state index contributed by atoms with van der Waals surface area (Å²) in [6, 6.07) is 4.06. The van der Waals surface area contributed by atoms with Gasteiger partial charge >= 0.3 is 5.97 Å². The molecule has 102 valence electrons. The third-order valence-corrected chi connectivity index (χ3v) is 2.91. The van der Waals surface area contributed by atoms with Gasteiger partial charge in [-0.05, 0) is 23.7 Å². The van der Waals surface area contributed by atoms with Gasteiger partial charge in [-0.3, -0.25) is 0 Å². The van der Waals surface area contributed by atoms with Gasteiger partial charge in [-0.2, -0.15) is 0 Å². The van der Waals surface area contributed by atoms with E-state index in [1.165, 1.54) is 7.11 Å². The maximum Gasteiger partial charge on any atom is 0.327 e. The van der Waals surface area contributed by atoms with Gasteiger partial charge in [0, 0.05) is 33.6 Å². The third-order valence-electron chi connectivity index (χ3n) is 2.33. The minimum Gasteiger partial charge on any atom is -0.468 e. The molecule has 0 saturated heterocycles. The van der Waals surface area contributed by atoms with Gasteiger partial charge < -0.3 is 10.1 Å². The molecule has 6 nitrogen and oxygen atoms in total. The molecule has 0 bridgehead atoms. The maximum absolute atomic E-state index is 11.7. The second kappa shape index (κ2) is 7.86. The van der Waals surface area contributed by atoms with E-state index < -0.39 is 12.0 Å². The quantitative estimate of drug-likeness (QED) is 0.288. The average molecular weight is 303 g/mol. The van der Waals surface area contributed by atoms with E-state index in [1.54, 1.807) is 18.2 Å². The number of rotatable bonds is 6. The van der Waals surface area contributed by atoms with Crippen LogP contribution in [0.1, 0.15) is 11.6 Å². The van der Waals surface area contributed by atoms with E-state index >= 15 is 0 Å². The van der Waals surface area contributed by atoms with Gasteiger partial charge in [0.1, 0.15) is 6.04 Å². The van der Waals surface area contributed by atoms with Gasteiger partial charge in [-0.25, -0.2) is 4.79 Å². The lowest BCUT2D eigenvalue weighted by molar-refractivity contribution is -0.143. The summed E-state index contributed by atoms with van der Waals surface area (Å²) in [5, 5.41) is 7.14. The van der Waals surface area contributed by atoms with Crippen molar-refractivity contribution in [2.75, 3.05) is 20.2 Å². The number of carbonyl (C=O) groups excluding carboxylic acids is 1. The summed E-state index contributed by atoms with van der Waals surface area (Å²) < 4.78 is 4.71. The molecular formula is C11H12Cl2N4O2. The van der Waals surface area contributed by atoms with E-state index in [9.17, 15) is 4.79 Å². The Kier molecular flexibility index (Phi) is 6.45. The van der Waals surface area contributed by atoms with Gasteiger partial charge in [0.25, 0.3) is 0 Å². The van der Waals surface area contributed by atoms with E-state index in [-0.39, 0.29) is 6.54 Å². The SMILES string of the molecule is COC(=O)C(NCCN=[N+]=[N-])c1cc(Cl)ccc1Cl. The molecule has 0 aliphatic rings. The molecule has 0 aliphatic carbocycles. The fourth-order valence-electron chi connectivity index (χ4n) is 1.48. The number of ether oxygens (including phenoxy) is 1. The first-order chi connectivity index (χ1) is 9.10. The second-order valence-electron chi connectivity index (χ2n) is 3.53. The molecule has 0 aliphatic heterocycles. The zero-order valence-electron chi connectivity index (χ0n) is 10.1. The largest absolute Gasteiger partial charge is 0.468 e. The molecule has 1 rings (SSSR count). The molecule has 1 aromatic carbocycles. The highest BCUT2D eigenvalue weighted by atomic mass is 35.5. The molecule has 19 heavy (non-hydrogen) atoms. The Morgan fingerprint density at radius 2 is 2.32 bits per heavy atom. The molecule has 1 unspecified atom stereocenters. The first-order valence-corrected chi connectivity index (χ1v) is 6.12. The number of esters is 1. The van der Waals surface area contributed by atoms with Crippen molar-refractivity contribution in [1.82, 2.24) is 5.32 Å². The van der Waals surface area contributed by atoms with Crippen molar-refractivity contribution in [3.8, 4) is 0 Å². The summed E-state index contributed by atoms with van der Waals surface area (Å²) in [7, 11) is 1.28. The van der Waals surface area contributed by atoms with Crippen LogP contribution in [0.15, 0.2) is 23.3 Å². The third kappa shape index (κ3) is 4.61. The van der Waals surface area contributed by atoms with Crippen molar-refractivity contribution >= 4 is 29.2 Å². The van der Waals surface area contributed by atoms with Crippen LogP contribution in [0, 0.1) is 0 Å². The van der Waals surface area contributed by atoms with E-state index in [4.69, 9.17) is 33.5 Å². The first kappa shape index (κ1) is 15.6. The van der Waals surface area contributed by atoms with Crippen molar-refractivity contribution in [2.45, 2.75) is 6.04 Å². The van der Waals surface area contributed by atoms with Crippen LogP contribution in [0.3, 0.4) is 0 Å². The van der Waals surface area contributed by atoms with E-state index in [1.807, 2.05) is 0 Å². The number of carbonyl (C=O) groups is 1. The Hall–Kier alpha value is -1.46. The van der Waals surface area contributed by atoms with Crippen LogP contribution in [-0.2, 0) is 9.53 Å². The van der Waals surface area contributed by atoms with Gasteiger partial charge in [0.15, 0.2) is 0 Å². The zero-order chi connectivity index (χ0) is 14.3. The van der Waals surface area contributed by atoms with Gasteiger partial charge in [0.05, 0.1) is 7.11 Å². The van der Waals surface area contributed by atoms with Crippen LogP contribution >= 0.6 is 23.2 Å². The minimum atomic E-state index is -0.759. The lowest BCUT2D eigenvalue weighted by Gasteiger charge is -2.17. The van der Waals surface area contributed by atoms with Crippen LogP contribution in [0.25, 0.3) is 10.4 Å². The molecule has 8 heteroatoms. The average Bonchev–Trinajstić information content (AvgIpc) is 2.41. The van der Waals surface area contributed by atoms with E-state index in [0.717, 1.165) is 0 Å². The lowest BCUT2D eigenvalue weighted by Crippen LogP contribution is -2.31. The van der Waals surface area contributed by atoms with Crippen molar-refractivity contribution in [3.05, 3.63) is 44.3 Å². The minimum absolute atomic E-state index is 0.210. The fourth-order valence-corrected chi connectivity index (χ4v) is 1.88. The monoisotopic (exact) mass is 302 g/mol. The molecular weight excluding hydrogens is 291 g/mol. The molecule has 0 amide bonds. The van der Waals surface area contributed by atoms with Gasteiger partial charge in [-0.15, -0.1) is 0 Å². The molecule has 0 spiro atoms. The Morgan fingerprint density at radius 3 is 2.95 bits per heavy atom. The van der Waals surface area contributed by atoms with E-state index in [2.05, 4.69) is 15.3 Å². The molecule has 1 N–H and O–H groups in total. The number of hydrogen-bond acceptors (Lipinski definition) is 4. The Morgan fingerprint density at radius 1 is 1.58 bits per heavy atom. The number of halogens is 2. The van der Waals surface area contributed by atoms with Crippen molar-refractivity contribution in [1.29, 1.82) is 0 Å². The molecule has 0 fully saturated rings. The summed E-state index contributed by atoms with van der Waals surface area (Å²) in [5.74, 6) is -0.495. The molecule has 1 atom stereocenters. The predicted molar refractivity (Wildman–Crippen MR) is 73.2 cm³/mol. The lowest BCUT2D eigenvalue weighted by atomic mass is 10.1. The molecule has 0 aromatic heterocycles. The highest BCUT2D eigenvalue weighted by molar-refractivity contribution is 6.33. The van der Waals surface area contributed by atoms with Crippen LogP contribution in [0.2, 0.25) is 10.0 Å². The van der Waals surface area contributed by atoms with Crippen molar-refractivity contribution in [3.63, 3.8) is 0 Å². The summed E-state index contributed by atoms with van der Waals surface area (Å²) in [6.45, 7) is 0.523. The number of nitrogens with one attached hydrogen (secondary N) is 1. The Balaban J connectivity index is 2.92. The fraction of sp³-hybridized carbons (Fsp3) is 0.364. The highest BCUT2D eigenvalue weighted by Crippen LogP contribution is 2.27. The van der Waals surface area contributed by atoms with E-state index in [0.29, 0.717) is 22.2 Å². The smallest absolute Gasteiger partial charge is 0.327 e. The molecule has 0 saturated carbocycles. The molecule has 0 radical (unpaired) electrons. The normalized spacial score (nSPS) is 11.5. The van der Waals surface area contributed by atoms with Crippen LogP contribution in [0.4, 0.5) is 0 Å². The first-order valence-electron chi connectivity index (χ1n) is 5.37. The standard InChI is InChI=1S/C11H12Cl2N4O2/c1-19-11(18)10(15-4-5-16-17-14)8-6-7(12)2-3-9(8)13/h2-3,6,10,15H,4-5H2,1H3. The number of methoxy groups -OCH3 is 1. The second-order valence-corrected chi connectivity index (χ2v) is 4.37. The predicted octanol–water partition coefficient (Wildman–Crippen LogP) is 3.11. The van der Waals surface area contributed by atoms with Crippen molar-refractivity contribution < 1.29 is 9.53 Å². The zero-order valence-corrected chi connectivity index (χ0v) is 11.6. The number of azide groups is 1. The number of benzene rings is 1. The number of hydrogen-bond donors (Lipinski definition) is 1. The summed E-state index contributed by atoms with van der Waals surface area (Å²) in [5.41, 5.74) is 8.70. The topological polar surface area (TPSA) is 87.1 Å². The van der Waals surface area contributed by atoms with Crippen molar-refractivity contribution in [2.24, 2.45) is 5.11 Å². The molecule has 0 heterocycles. The summed E-state index contributed by atoms with van der Waals surface area (Å²) in [4.78, 5) is 14.4. The maximum atomic E-state index is 11.7. The van der Waals surface area contributed by atoms with Gasteiger partial charge in [-0.1, -0.05) is 28.3 Å². The number of nitrogens with zero attached hydrogens (tertiary/aromatic N) is 3. The Bertz CT molecular complexity index is 503. The molecule has 1 aromatic rings. The summed E-state index contributed by atoms with van der Waals surface area (Å²) >= 11 is 11.9. The van der Waals surface area contributed by atoms with Crippen LogP contribution in [-0.4, -0.2) is 26.2 Å². The highest BCUT2D eigenvalue weighted by Gasteiger charge is 2.23.